The highest BCUT2D eigenvalue weighted by Gasteiger charge is 2.60. The number of nitrogens with two attached hydrogens (primary N) is 1. The molecule has 0 aromatic heterocycles. The Hall–Kier alpha value is -4.06. The van der Waals surface area contributed by atoms with Gasteiger partial charge in [0.15, 0.2) is 5.78 Å². The van der Waals surface area contributed by atoms with Crippen LogP contribution in [0.2, 0.25) is 0 Å². The number of carbonyl (C=O) groups excluding carboxylic acids is 2. The highest BCUT2D eigenvalue weighted by molar-refractivity contribution is 6.19. The van der Waals surface area contributed by atoms with E-state index in [1.807, 2.05) is 6.07 Å². The minimum atomic E-state index is -4.70. The van der Waals surface area contributed by atoms with Crippen molar-refractivity contribution in [1.82, 2.24) is 0 Å². The molecule has 0 fully saturated rings. The molecule has 6 nitrogen and oxygen atoms in total. The van der Waals surface area contributed by atoms with E-state index >= 15 is 0 Å². The van der Waals surface area contributed by atoms with Crippen LogP contribution in [0.4, 0.5) is 24.5 Å². The fourth-order valence-corrected chi connectivity index (χ4v) is 5.13. The van der Waals surface area contributed by atoms with Crippen LogP contribution < -0.4 is 16.0 Å². The molecule has 1 aliphatic carbocycles. The van der Waals surface area contributed by atoms with Crippen molar-refractivity contribution in [3.63, 3.8) is 0 Å². The standard InChI is InChI=1S/C24H17F3N4O2/c25-24(26,27)14-7-2-4-9-17(14)31-18-10-5-11-19(32)20(18)23(15(12-28)21(31)29)13-6-1-3-8-16(13)30-22(23)33/h1-4,6-9H,5,10-11,29H2,(H,30,33)/t23-/m1/s1. The lowest BCUT2D eigenvalue weighted by atomic mass is 9.64. The SMILES string of the molecule is N#CC1=C(N)N(c2ccccc2C(F)(F)F)C2=C(C(=O)CCC2)[C@]12C(=O)Nc1ccccc12. The molecule has 3 aliphatic rings. The zero-order valence-electron chi connectivity index (χ0n) is 17.2. The van der Waals surface area contributed by atoms with Crippen molar-refractivity contribution in [3.8, 4) is 6.07 Å². The first-order valence-electron chi connectivity index (χ1n) is 10.3. The van der Waals surface area contributed by atoms with Crippen molar-refractivity contribution >= 4 is 23.1 Å². The summed E-state index contributed by atoms with van der Waals surface area (Å²) in [6, 6.07) is 13.4. The molecule has 1 amide bonds. The number of nitriles is 1. The summed E-state index contributed by atoms with van der Waals surface area (Å²) < 4.78 is 41.6. The zero-order valence-corrected chi connectivity index (χ0v) is 17.2. The number of hydrogen-bond acceptors (Lipinski definition) is 5. The zero-order chi connectivity index (χ0) is 23.5. The van der Waals surface area contributed by atoms with Gasteiger partial charge in [-0.25, -0.2) is 0 Å². The number of carbonyl (C=O) groups is 2. The molecule has 0 radical (unpaired) electrons. The first-order valence-corrected chi connectivity index (χ1v) is 10.3. The van der Waals surface area contributed by atoms with Crippen LogP contribution >= 0.6 is 0 Å². The van der Waals surface area contributed by atoms with Gasteiger partial charge in [0.25, 0.3) is 0 Å². The number of alkyl halides is 3. The lowest BCUT2D eigenvalue weighted by Crippen LogP contribution is -2.51. The van der Waals surface area contributed by atoms with E-state index in [9.17, 15) is 28.0 Å². The Morgan fingerprint density at radius 2 is 1.76 bits per heavy atom. The monoisotopic (exact) mass is 450 g/mol. The van der Waals surface area contributed by atoms with Gasteiger partial charge in [-0.3, -0.25) is 14.5 Å². The molecular weight excluding hydrogens is 433 g/mol. The fraction of sp³-hybridized carbons (Fsp3) is 0.208. The van der Waals surface area contributed by atoms with Gasteiger partial charge in [-0.15, -0.1) is 0 Å². The molecule has 166 valence electrons. The van der Waals surface area contributed by atoms with E-state index in [0.717, 1.165) is 11.0 Å². The maximum absolute atomic E-state index is 13.9. The smallest absolute Gasteiger partial charge is 0.384 e. The molecule has 0 unspecified atom stereocenters. The Morgan fingerprint density at radius 1 is 1.06 bits per heavy atom. The van der Waals surface area contributed by atoms with Crippen LogP contribution in [0.25, 0.3) is 0 Å². The number of anilines is 2. The highest BCUT2D eigenvalue weighted by atomic mass is 19.4. The number of ketones is 1. The molecule has 2 aromatic carbocycles. The highest BCUT2D eigenvalue weighted by Crippen LogP contribution is 2.55. The maximum Gasteiger partial charge on any atom is 0.418 e. The molecule has 2 heterocycles. The number of para-hydroxylation sites is 2. The van der Waals surface area contributed by atoms with E-state index in [1.54, 1.807) is 24.3 Å². The average molecular weight is 450 g/mol. The second-order valence-corrected chi connectivity index (χ2v) is 8.07. The first-order chi connectivity index (χ1) is 15.7. The van der Waals surface area contributed by atoms with Gasteiger partial charge in [-0.05, 0) is 31.0 Å². The first kappa shape index (κ1) is 20.8. The number of amides is 1. The Bertz CT molecular complexity index is 1340. The van der Waals surface area contributed by atoms with Crippen LogP contribution in [0.1, 0.15) is 30.4 Å². The van der Waals surface area contributed by atoms with Crippen molar-refractivity contribution in [2.75, 3.05) is 10.2 Å². The number of benzene rings is 2. The van der Waals surface area contributed by atoms with Crippen LogP contribution in [0.5, 0.6) is 0 Å². The topological polar surface area (TPSA) is 99.2 Å². The van der Waals surface area contributed by atoms with E-state index in [1.165, 1.54) is 18.2 Å². The van der Waals surface area contributed by atoms with Crippen LogP contribution in [0, 0.1) is 11.3 Å². The third-order valence-corrected chi connectivity index (χ3v) is 6.38. The van der Waals surface area contributed by atoms with Crippen molar-refractivity contribution in [1.29, 1.82) is 5.26 Å². The Labute approximate surface area is 186 Å². The number of nitrogens with one attached hydrogen (secondary N) is 1. The molecule has 2 aliphatic heterocycles. The summed E-state index contributed by atoms with van der Waals surface area (Å²) in [6.07, 6.45) is -3.97. The minimum absolute atomic E-state index is 0.0129. The van der Waals surface area contributed by atoms with E-state index in [0.29, 0.717) is 17.7 Å². The molecule has 2 aromatic rings. The lowest BCUT2D eigenvalue weighted by Gasteiger charge is -2.44. The lowest BCUT2D eigenvalue weighted by molar-refractivity contribution is -0.137. The van der Waals surface area contributed by atoms with Gasteiger partial charge in [0, 0.05) is 28.9 Å². The Morgan fingerprint density at radius 3 is 2.48 bits per heavy atom. The molecule has 0 saturated carbocycles. The largest absolute Gasteiger partial charge is 0.418 e. The summed E-state index contributed by atoms with van der Waals surface area (Å²) in [5.41, 5.74) is 4.12. The summed E-state index contributed by atoms with van der Waals surface area (Å²) in [6.45, 7) is 0. The van der Waals surface area contributed by atoms with E-state index in [4.69, 9.17) is 5.73 Å². The summed E-state index contributed by atoms with van der Waals surface area (Å²) in [5.74, 6) is -1.30. The number of fused-ring (bicyclic) bond motifs is 3. The number of halogens is 3. The van der Waals surface area contributed by atoms with Gasteiger partial charge >= 0.3 is 6.18 Å². The molecule has 1 atom stereocenters. The van der Waals surface area contributed by atoms with Gasteiger partial charge < -0.3 is 11.1 Å². The summed E-state index contributed by atoms with van der Waals surface area (Å²) in [5, 5.41) is 12.9. The predicted octanol–water partition coefficient (Wildman–Crippen LogP) is 4.12. The number of hydrogen-bond donors (Lipinski definition) is 2. The summed E-state index contributed by atoms with van der Waals surface area (Å²) in [4.78, 5) is 27.9. The Balaban J connectivity index is 1.89. The number of nitrogens with zero attached hydrogens (tertiary/aromatic N) is 2. The van der Waals surface area contributed by atoms with Crippen LogP contribution in [-0.4, -0.2) is 11.7 Å². The van der Waals surface area contributed by atoms with Crippen molar-refractivity contribution in [3.05, 3.63) is 82.3 Å². The van der Waals surface area contributed by atoms with Gasteiger partial charge in [0.1, 0.15) is 17.3 Å². The van der Waals surface area contributed by atoms with Gasteiger partial charge in [-0.1, -0.05) is 30.3 Å². The minimum Gasteiger partial charge on any atom is -0.384 e. The van der Waals surface area contributed by atoms with E-state index in [2.05, 4.69) is 5.32 Å². The maximum atomic E-state index is 13.9. The van der Waals surface area contributed by atoms with Crippen LogP contribution in [0.15, 0.2) is 71.2 Å². The molecule has 1 spiro atoms. The van der Waals surface area contributed by atoms with Gasteiger partial charge in [0.2, 0.25) is 5.91 Å². The molecule has 0 saturated heterocycles. The quantitative estimate of drug-likeness (QED) is 0.681. The van der Waals surface area contributed by atoms with Gasteiger partial charge in [-0.2, -0.15) is 18.4 Å². The molecule has 5 rings (SSSR count). The van der Waals surface area contributed by atoms with Crippen molar-refractivity contribution < 1.29 is 22.8 Å². The second-order valence-electron chi connectivity index (χ2n) is 8.07. The molecular formula is C24H17F3N4O2. The normalized spacial score (nSPS) is 22.3. The third kappa shape index (κ3) is 2.67. The molecule has 33 heavy (non-hydrogen) atoms. The third-order valence-electron chi connectivity index (χ3n) is 6.38. The number of rotatable bonds is 1. The average Bonchev–Trinajstić information content (AvgIpc) is 3.06. The number of Topliss-reactive ketones (excluding diaryl/α,β-unsaturated/α-hetero) is 1. The van der Waals surface area contributed by atoms with E-state index < -0.39 is 28.8 Å². The summed E-state index contributed by atoms with van der Waals surface area (Å²) in [7, 11) is 0. The molecule has 9 heteroatoms. The summed E-state index contributed by atoms with van der Waals surface area (Å²) >= 11 is 0. The fourth-order valence-electron chi connectivity index (χ4n) is 5.13. The number of allylic oxidation sites excluding steroid dienone is 1. The molecule has 0 bridgehead atoms. The van der Waals surface area contributed by atoms with Crippen LogP contribution in [0.3, 0.4) is 0 Å². The predicted molar refractivity (Wildman–Crippen MR) is 113 cm³/mol. The van der Waals surface area contributed by atoms with E-state index in [-0.39, 0.29) is 41.2 Å². The van der Waals surface area contributed by atoms with Gasteiger partial charge in [0.05, 0.1) is 16.8 Å². The van der Waals surface area contributed by atoms with Crippen LogP contribution in [-0.2, 0) is 21.2 Å². The second kappa shape index (κ2) is 6.97. The molecule has 3 N–H and O–H groups in total. The van der Waals surface area contributed by atoms with Crippen molar-refractivity contribution in [2.45, 2.75) is 30.9 Å². The Kier molecular flexibility index (Phi) is 4.40. The van der Waals surface area contributed by atoms with Crippen molar-refractivity contribution in [2.24, 2.45) is 5.73 Å².